The summed E-state index contributed by atoms with van der Waals surface area (Å²) < 4.78 is 0. The lowest BCUT2D eigenvalue weighted by Crippen LogP contribution is -2.40. The first kappa shape index (κ1) is 11.6. The van der Waals surface area contributed by atoms with E-state index < -0.39 is 0 Å². The molecule has 1 aliphatic carbocycles. The Morgan fingerprint density at radius 2 is 1.94 bits per heavy atom. The van der Waals surface area contributed by atoms with Gasteiger partial charge in [-0.15, -0.1) is 0 Å². The molecule has 16 heavy (non-hydrogen) atoms. The van der Waals surface area contributed by atoms with Crippen LogP contribution in [0.1, 0.15) is 38.2 Å². The van der Waals surface area contributed by atoms with Gasteiger partial charge in [-0.2, -0.15) is 5.48 Å². The Balaban J connectivity index is 1.66. The lowest BCUT2D eigenvalue weighted by molar-refractivity contribution is -0.0212. The zero-order chi connectivity index (χ0) is 11.4. The predicted octanol–water partition coefficient (Wildman–Crippen LogP) is 3.11. The highest BCUT2D eigenvalue weighted by Gasteiger charge is 2.30. The van der Waals surface area contributed by atoms with Crippen molar-refractivity contribution in [1.82, 2.24) is 5.48 Å². The summed E-state index contributed by atoms with van der Waals surface area (Å²) in [6, 6.07) is 11.3. The van der Waals surface area contributed by atoms with Crippen molar-refractivity contribution < 1.29 is 4.84 Å². The molecule has 0 heterocycles. The molecule has 2 rings (SSSR count). The highest BCUT2D eigenvalue weighted by molar-refractivity contribution is 5.22. The van der Waals surface area contributed by atoms with Crippen molar-refractivity contribution in [3.8, 4) is 0 Å². The Morgan fingerprint density at radius 3 is 2.56 bits per heavy atom. The standard InChI is InChI=1S/C14H21NO/c1-11(2)10-16-15-14-8-13(9-14)12-6-4-3-5-7-12/h3-7,11,13-15H,8-10H2,1-2H3. The van der Waals surface area contributed by atoms with E-state index in [1.165, 1.54) is 18.4 Å². The van der Waals surface area contributed by atoms with Crippen molar-refractivity contribution in [2.24, 2.45) is 5.92 Å². The minimum atomic E-state index is 0.545. The highest BCUT2D eigenvalue weighted by atomic mass is 16.6. The smallest absolute Gasteiger partial charge is 0.0705 e. The Labute approximate surface area is 98.0 Å². The molecule has 0 saturated heterocycles. The molecule has 0 spiro atoms. The van der Waals surface area contributed by atoms with E-state index in [1.807, 2.05) is 0 Å². The molecule has 1 fully saturated rings. The van der Waals surface area contributed by atoms with Crippen molar-refractivity contribution in [2.45, 2.75) is 38.6 Å². The fraction of sp³-hybridized carbons (Fsp3) is 0.571. The predicted molar refractivity (Wildman–Crippen MR) is 66.1 cm³/mol. The first-order valence-electron chi connectivity index (χ1n) is 6.18. The van der Waals surface area contributed by atoms with Crippen LogP contribution in [0.4, 0.5) is 0 Å². The molecule has 0 aliphatic heterocycles. The normalized spacial score (nSPS) is 24.4. The second-order valence-electron chi connectivity index (χ2n) is 5.10. The highest BCUT2D eigenvalue weighted by Crippen LogP contribution is 2.36. The molecule has 0 aromatic heterocycles. The van der Waals surface area contributed by atoms with Crippen molar-refractivity contribution in [2.75, 3.05) is 6.61 Å². The summed E-state index contributed by atoms with van der Waals surface area (Å²) >= 11 is 0. The maximum absolute atomic E-state index is 5.43. The maximum atomic E-state index is 5.43. The molecule has 1 N–H and O–H groups in total. The van der Waals surface area contributed by atoms with Gasteiger partial charge >= 0.3 is 0 Å². The topological polar surface area (TPSA) is 21.3 Å². The van der Waals surface area contributed by atoms with E-state index in [-0.39, 0.29) is 0 Å². The number of hydrogen-bond donors (Lipinski definition) is 1. The number of nitrogens with one attached hydrogen (secondary N) is 1. The van der Waals surface area contributed by atoms with Crippen LogP contribution in [0.3, 0.4) is 0 Å². The van der Waals surface area contributed by atoms with Gasteiger partial charge in [0, 0.05) is 6.04 Å². The second-order valence-corrected chi connectivity index (χ2v) is 5.10. The summed E-state index contributed by atoms with van der Waals surface area (Å²) in [6.07, 6.45) is 2.39. The van der Waals surface area contributed by atoms with Crippen LogP contribution in [0.25, 0.3) is 0 Å². The quantitative estimate of drug-likeness (QED) is 0.768. The minimum absolute atomic E-state index is 0.545. The molecule has 1 aromatic rings. The van der Waals surface area contributed by atoms with Gasteiger partial charge in [0.15, 0.2) is 0 Å². The molecule has 88 valence electrons. The van der Waals surface area contributed by atoms with Crippen LogP contribution in [0, 0.1) is 5.92 Å². The molecule has 2 heteroatoms. The van der Waals surface area contributed by atoms with Crippen molar-refractivity contribution in [3.63, 3.8) is 0 Å². The van der Waals surface area contributed by atoms with Gasteiger partial charge in [0.1, 0.15) is 0 Å². The lowest BCUT2D eigenvalue weighted by atomic mass is 9.76. The summed E-state index contributed by atoms with van der Waals surface area (Å²) in [5, 5.41) is 0. The Morgan fingerprint density at radius 1 is 1.25 bits per heavy atom. The SMILES string of the molecule is CC(C)CONC1CC(c2ccccc2)C1. The maximum Gasteiger partial charge on any atom is 0.0705 e. The molecular weight excluding hydrogens is 198 g/mol. The Hall–Kier alpha value is -0.860. The summed E-state index contributed by atoms with van der Waals surface area (Å²) in [4.78, 5) is 5.43. The fourth-order valence-electron chi connectivity index (χ4n) is 2.04. The monoisotopic (exact) mass is 219 g/mol. The zero-order valence-corrected chi connectivity index (χ0v) is 10.1. The number of benzene rings is 1. The van der Waals surface area contributed by atoms with E-state index in [0.717, 1.165) is 12.5 Å². The number of hydroxylamine groups is 1. The van der Waals surface area contributed by atoms with Gasteiger partial charge in [0.25, 0.3) is 0 Å². The van der Waals surface area contributed by atoms with Crippen LogP contribution in [-0.2, 0) is 4.84 Å². The molecule has 1 aromatic carbocycles. The van der Waals surface area contributed by atoms with Crippen LogP contribution >= 0.6 is 0 Å². The Kier molecular flexibility index (Phi) is 3.97. The van der Waals surface area contributed by atoms with Crippen molar-refractivity contribution in [3.05, 3.63) is 35.9 Å². The fourth-order valence-corrected chi connectivity index (χ4v) is 2.04. The first-order valence-corrected chi connectivity index (χ1v) is 6.18. The van der Waals surface area contributed by atoms with E-state index in [9.17, 15) is 0 Å². The zero-order valence-electron chi connectivity index (χ0n) is 10.1. The molecule has 1 aliphatic rings. The summed E-state index contributed by atoms with van der Waals surface area (Å²) in [7, 11) is 0. The average Bonchev–Trinajstić information content (AvgIpc) is 2.22. The molecule has 0 amide bonds. The van der Waals surface area contributed by atoms with E-state index in [4.69, 9.17) is 4.84 Å². The van der Waals surface area contributed by atoms with Crippen LogP contribution in [0.2, 0.25) is 0 Å². The van der Waals surface area contributed by atoms with Gasteiger partial charge in [-0.25, -0.2) is 0 Å². The van der Waals surface area contributed by atoms with Crippen LogP contribution in [-0.4, -0.2) is 12.6 Å². The number of rotatable bonds is 5. The van der Waals surface area contributed by atoms with Gasteiger partial charge < -0.3 is 4.84 Å². The third kappa shape index (κ3) is 3.06. The van der Waals surface area contributed by atoms with E-state index in [2.05, 4.69) is 49.7 Å². The van der Waals surface area contributed by atoms with Gasteiger partial charge in [-0.05, 0) is 30.2 Å². The minimum Gasteiger partial charge on any atom is -0.301 e. The van der Waals surface area contributed by atoms with Crippen LogP contribution < -0.4 is 5.48 Å². The molecule has 2 nitrogen and oxygen atoms in total. The Bertz CT molecular complexity index is 304. The third-order valence-electron chi connectivity index (χ3n) is 3.08. The average molecular weight is 219 g/mol. The molecule has 0 atom stereocenters. The third-order valence-corrected chi connectivity index (χ3v) is 3.08. The molecular formula is C14H21NO. The largest absolute Gasteiger partial charge is 0.301 e. The van der Waals surface area contributed by atoms with E-state index >= 15 is 0 Å². The summed E-state index contributed by atoms with van der Waals surface area (Å²) in [5.74, 6) is 1.32. The lowest BCUT2D eigenvalue weighted by Gasteiger charge is -2.35. The van der Waals surface area contributed by atoms with Gasteiger partial charge in [0.05, 0.1) is 6.61 Å². The van der Waals surface area contributed by atoms with Crippen molar-refractivity contribution >= 4 is 0 Å². The second kappa shape index (κ2) is 5.46. The van der Waals surface area contributed by atoms with Gasteiger partial charge in [0.2, 0.25) is 0 Å². The van der Waals surface area contributed by atoms with Crippen LogP contribution in [0.5, 0.6) is 0 Å². The first-order chi connectivity index (χ1) is 7.75. The summed E-state index contributed by atoms with van der Waals surface area (Å²) in [5.41, 5.74) is 4.61. The van der Waals surface area contributed by atoms with E-state index in [1.54, 1.807) is 0 Å². The van der Waals surface area contributed by atoms with Gasteiger partial charge in [-0.1, -0.05) is 44.2 Å². The van der Waals surface area contributed by atoms with E-state index in [0.29, 0.717) is 12.0 Å². The van der Waals surface area contributed by atoms with Gasteiger partial charge in [-0.3, -0.25) is 0 Å². The molecule has 1 saturated carbocycles. The van der Waals surface area contributed by atoms with Crippen LogP contribution in [0.15, 0.2) is 30.3 Å². The molecule has 0 unspecified atom stereocenters. The number of hydrogen-bond acceptors (Lipinski definition) is 2. The molecule has 0 radical (unpaired) electrons. The molecule has 0 bridgehead atoms. The van der Waals surface area contributed by atoms with Crippen molar-refractivity contribution in [1.29, 1.82) is 0 Å². The summed E-state index contributed by atoms with van der Waals surface area (Å²) in [6.45, 7) is 5.12.